The van der Waals surface area contributed by atoms with Gasteiger partial charge in [-0.25, -0.2) is 0 Å². The molecule has 0 radical (unpaired) electrons. The summed E-state index contributed by atoms with van der Waals surface area (Å²) < 4.78 is 6.76. The topological polar surface area (TPSA) is 26.3 Å². The van der Waals surface area contributed by atoms with E-state index in [-0.39, 0.29) is 5.41 Å². The van der Waals surface area contributed by atoms with Gasteiger partial charge in [-0.15, -0.1) is 0 Å². The molecule has 0 fully saturated rings. The van der Waals surface area contributed by atoms with Crippen LogP contribution in [0.25, 0.3) is 0 Å². The lowest BCUT2D eigenvalue weighted by atomic mass is 9.85. The van der Waals surface area contributed by atoms with Crippen molar-refractivity contribution in [2.75, 3.05) is 0 Å². The molecule has 21 heavy (non-hydrogen) atoms. The number of carbonyl (C=O) groups is 1. The Labute approximate surface area is 134 Å². The first-order chi connectivity index (χ1) is 9.81. The summed E-state index contributed by atoms with van der Waals surface area (Å²) in [7, 11) is 0. The smallest absolute Gasteiger partial charge is 0.151 e. The first kappa shape index (κ1) is 15.8. The SMILES string of the molecule is Cc1ccc(Oc2ccc(C=O)c(Br)c2)c(C(C)(C)C)c1. The minimum absolute atomic E-state index is 0.00131. The highest BCUT2D eigenvalue weighted by atomic mass is 79.9. The minimum atomic E-state index is 0.00131. The molecular formula is C18H19BrO2. The van der Waals surface area contributed by atoms with Gasteiger partial charge in [-0.3, -0.25) is 4.79 Å². The number of carbonyl (C=O) groups excluding carboxylic acids is 1. The molecular weight excluding hydrogens is 328 g/mol. The molecule has 2 nitrogen and oxygen atoms in total. The zero-order valence-corrected chi connectivity index (χ0v) is 14.3. The Kier molecular flexibility index (Phi) is 4.52. The van der Waals surface area contributed by atoms with Crippen LogP contribution in [0.1, 0.15) is 42.3 Å². The van der Waals surface area contributed by atoms with Gasteiger partial charge in [0.05, 0.1) is 0 Å². The van der Waals surface area contributed by atoms with Crippen molar-refractivity contribution in [2.24, 2.45) is 0 Å². The Balaban J connectivity index is 2.40. The number of ether oxygens (including phenoxy) is 1. The van der Waals surface area contributed by atoms with Crippen molar-refractivity contribution in [1.29, 1.82) is 0 Å². The van der Waals surface area contributed by atoms with Crippen molar-refractivity contribution in [3.63, 3.8) is 0 Å². The highest BCUT2D eigenvalue weighted by Crippen LogP contribution is 2.35. The molecule has 0 atom stereocenters. The number of halogens is 1. The fourth-order valence-corrected chi connectivity index (χ4v) is 2.56. The predicted octanol–water partition coefficient (Wildman–Crippen LogP) is 5.66. The second kappa shape index (κ2) is 6.02. The number of hydrogen-bond donors (Lipinski definition) is 0. The minimum Gasteiger partial charge on any atom is -0.457 e. The normalized spacial score (nSPS) is 11.3. The lowest BCUT2D eigenvalue weighted by Gasteiger charge is -2.23. The van der Waals surface area contributed by atoms with Crippen molar-refractivity contribution in [3.05, 3.63) is 57.6 Å². The molecule has 3 heteroatoms. The van der Waals surface area contributed by atoms with Gasteiger partial charge in [-0.05, 0) is 52.5 Å². The molecule has 0 saturated heterocycles. The molecule has 0 saturated carbocycles. The molecule has 2 rings (SSSR count). The van der Waals surface area contributed by atoms with Crippen molar-refractivity contribution < 1.29 is 9.53 Å². The maximum atomic E-state index is 10.8. The second-order valence-corrected chi connectivity index (χ2v) is 7.01. The summed E-state index contributed by atoms with van der Waals surface area (Å²) in [4.78, 5) is 10.8. The first-order valence-electron chi connectivity index (χ1n) is 6.85. The van der Waals surface area contributed by atoms with Crippen LogP contribution in [0, 0.1) is 6.92 Å². The molecule has 0 spiro atoms. The number of rotatable bonds is 3. The van der Waals surface area contributed by atoms with E-state index in [4.69, 9.17) is 4.74 Å². The quantitative estimate of drug-likeness (QED) is 0.670. The average molecular weight is 347 g/mol. The van der Waals surface area contributed by atoms with Gasteiger partial charge in [0.25, 0.3) is 0 Å². The van der Waals surface area contributed by atoms with E-state index in [9.17, 15) is 4.79 Å². The van der Waals surface area contributed by atoms with Crippen LogP contribution in [0.15, 0.2) is 40.9 Å². The molecule has 0 bridgehead atoms. The van der Waals surface area contributed by atoms with Gasteiger partial charge < -0.3 is 4.74 Å². The predicted molar refractivity (Wildman–Crippen MR) is 89.5 cm³/mol. The molecule has 0 N–H and O–H groups in total. The molecule has 0 heterocycles. The summed E-state index contributed by atoms with van der Waals surface area (Å²) in [6, 6.07) is 11.6. The third-order valence-electron chi connectivity index (χ3n) is 3.27. The molecule has 2 aromatic rings. The van der Waals surface area contributed by atoms with E-state index in [1.807, 2.05) is 18.2 Å². The highest BCUT2D eigenvalue weighted by Gasteiger charge is 2.19. The van der Waals surface area contributed by atoms with Crippen LogP contribution in [0.2, 0.25) is 0 Å². The Morgan fingerprint density at radius 1 is 1.10 bits per heavy atom. The summed E-state index contributed by atoms with van der Waals surface area (Å²) in [5.41, 5.74) is 2.99. The Morgan fingerprint density at radius 3 is 2.38 bits per heavy atom. The van der Waals surface area contributed by atoms with E-state index in [0.29, 0.717) is 11.3 Å². The largest absolute Gasteiger partial charge is 0.457 e. The van der Waals surface area contributed by atoms with E-state index in [1.54, 1.807) is 12.1 Å². The summed E-state index contributed by atoms with van der Waals surface area (Å²) in [6.07, 6.45) is 0.820. The van der Waals surface area contributed by atoms with Gasteiger partial charge >= 0.3 is 0 Å². The molecule has 0 aliphatic rings. The van der Waals surface area contributed by atoms with E-state index >= 15 is 0 Å². The zero-order chi connectivity index (χ0) is 15.6. The number of aryl methyl sites for hydroxylation is 1. The fourth-order valence-electron chi connectivity index (χ4n) is 2.11. The average Bonchev–Trinajstić information content (AvgIpc) is 2.40. The second-order valence-electron chi connectivity index (χ2n) is 6.15. The van der Waals surface area contributed by atoms with Gasteiger partial charge in [-0.1, -0.05) is 38.5 Å². The van der Waals surface area contributed by atoms with Gasteiger partial charge in [0.1, 0.15) is 11.5 Å². The lowest BCUT2D eigenvalue weighted by Crippen LogP contribution is -2.12. The van der Waals surface area contributed by atoms with E-state index in [1.165, 1.54) is 5.56 Å². The fraction of sp³-hybridized carbons (Fsp3) is 0.278. The maximum Gasteiger partial charge on any atom is 0.151 e. The summed E-state index contributed by atoms with van der Waals surface area (Å²) in [5, 5.41) is 0. The number of benzene rings is 2. The van der Waals surface area contributed by atoms with Crippen molar-refractivity contribution in [1.82, 2.24) is 0 Å². The number of aldehydes is 1. The van der Waals surface area contributed by atoms with Crippen molar-refractivity contribution in [2.45, 2.75) is 33.1 Å². The Morgan fingerprint density at radius 2 is 1.81 bits per heavy atom. The van der Waals surface area contributed by atoms with Gasteiger partial charge in [0.2, 0.25) is 0 Å². The third-order valence-corrected chi connectivity index (χ3v) is 3.96. The molecule has 0 unspecified atom stereocenters. The third kappa shape index (κ3) is 3.73. The summed E-state index contributed by atoms with van der Waals surface area (Å²) in [5.74, 6) is 1.56. The van der Waals surface area contributed by atoms with Crippen LogP contribution in [0.4, 0.5) is 0 Å². The maximum absolute atomic E-state index is 10.8. The van der Waals surface area contributed by atoms with Gasteiger partial charge in [0, 0.05) is 15.6 Å². The van der Waals surface area contributed by atoms with Crippen LogP contribution >= 0.6 is 15.9 Å². The number of hydrogen-bond acceptors (Lipinski definition) is 2. The van der Waals surface area contributed by atoms with Crippen LogP contribution in [0.3, 0.4) is 0 Å². The van der Waals surface area contributed by atoms with Crippen LogP contribution < -0.4 is 4.74 Å². The van der Waals surface area contributed by atoms with Crippen LogP contribution in [-0.2, 0) is 5.41 Å². The molecule has 0 aromatic heterocycles. The van der Waals surface area contributed by atoms with Crippen molar-refractivity contribution >= 4 is 22.2 Å². The van der Waals surface area contributed by atoms with E-state index in [2.05, 4.69) is 49.7 Å². The highest BCUT2D eigenvalue weighted by molar-refractivity contribution is 9.10. The van der Waals surface area contributed by atoms with E-state index in [0.717, 1.165) is 22.1 Å². The first-order valence-corrected chi connectivity index (χ1v) is 7.64. The molecule has 2 aromatic carbocycles. The lowest BCUT2D eigenvalue weighted by molar-refractivity contribution is 0.112. The van der Waals surface area contributed by atoms with Gasteiger partial charge in [0.15, 0.2) is 6.29 Å². The monoisotopic (exact) mass is 346 g/mol. The molecule has 0 aliphatic carbocycles. The zero-order valence-electron chi connectivity index (χ0n) is 12.7. The van der Waals surface area contributed by atoms with Crippen LogP contribution in [0.5, 0.6) is 11.5 Å². The van der Waals surface area contributed by atoms with E-state index < -0.39 is 0 Å². The summed E-state index contributed by atoms with van der Waals surface area (Å²) >= 11 is 3.38. The van der Waals surface area contributed by atoms with Gasteiger partial charge in [-0.2, -0.15) is 0 Å². The summed E-state index contributed by atoms with van der Waals surface area (Å²) in [6.45, 7) is 8.58. The van der Waals surface area contributed by atoms with Crippen LogP contribution in [-0.4, -0.2) is 6.29 Å². The molecule has 0 amide bonds. The standard InChI is InChI=1S/C18H19BrO2/c1-12-5-8-17(15(9-12)18(2,3)4)21-14-7-6-13(11-20)16(19)10-14/h5-11H,1-4H3. The van der Waals surface area contributed by atoms with Crippen molar-refractivity contribution in [3.8, 4) is 11.5 Å². The Bertz CT molecular complexity index is 669. The molecule has 110 valence electrons. The Hall–Kier alpha value is -1.61. The molecule has 0 aliphatic heterocycles.